The Morgan fingerprint density at radius 1 is 0.357 bits per heavy atom. The molecule has 0 radical (unpaired) electrons. The number of para-hydroxylation sites is 1. The second kappa shape index (κ2) is 13.3. The van der Waals surface area contributed by atoms with E-state index in [2.05, 4.69) is 146 Å². The van der Waals surface area contributed by atoms with Crippen LogP contribution in [0.1, 0.15) is 0 Å². The first-order valence-corrected chi connectivity index (χ1v) is 19.5. The third-order valence-corrected chi connectivity index (χ3v) is 11.7. The molecule has 262 valence electrons. The van der Waals surface area contributed by atoms with Crippen molar-refractivity contribution in [2.24, 2.45) is 0 Å². The Labute approximate surface area is 327 Å². The molecule has 0 aliphatic carbocycles. The maximum absolute atomic E-state index is 6.74. The molecule has 8 aromatic carbocycles. The first-order valence-electron chi connectivity index (χ1n) is 18.7. The van der Waals surface area contributed by atoms with Crippen LogP contribution in [0.5, 0.6) is 0 Å². The van der Waals surface area contributed by atoms with Gasteiger partial charge in [-0.3, -0.25) is 0 Å². The van der Waals surface area contributed by atoms with E-state index in [9.17, 15) is 0 Å². The van der Waals surface area contributed by atoms with Crippen molar-refractivity contribution >= 4 is 53.4 Å². The smallest absolute Gasteiger partial charge is 0.167 e. The topological polar surface area (TPSA) is 51.8 Å². The van der Waals surface area contributed by atoms with Crippen molar-refractivity contribution in [3.63, 3.8) is 0 Å². The summed E-state index contributed by atoms with van der Waals surface area (Å²) in [6.45, 7) is 0. The summed E-state index contributed by atoms with van der Waals surface area (Å²) in [5.74, 6) is 1.78. The summed E-state index contributed by atoms with van der Waals surface area (Å²) in [6.07, 6.45) is 0. The van der Waals surface area contributed by atoms with Gasteiger partial charge in [-0.15, -0.1) is 11.3 Å². The van der Waals surface area contributed by atoms with Gasteiger partial charge in [0.25, 0.3) is 0 Å². The fraction of sp³-hybridized carbons (Fsp3) is 0. The normalized spacial score (nSPS) is 11.6. The number of benzene rings is 8. The predicted octanol–water partition coefficient (Wildman–Crippen LogP) is 14.1. The SMILES string of the molecule is c1ccc(-c2ccc(-c3nc(-c4ccccc4)nc(-c4cccc5c4oc4ccc(-c6c(-c7ccccc7)ccc7sc8ccccc8c67)cc45)n3)cc2)cc1. The number of nitrogens with zero attached hydrogens (tertiary/aromatic N) is 3. The van der Waals surface area contributed by atoms with E-state index in [0.29, 0.717) is 17.5 Å². The van der Waals surface area contributed by atoms with Crippen LogP contribution in [0.3, 0.4) is 0 Å². The van der Waals surface area contributed by atoms with E-state index in [-0.39, 0.29) is 0 Å². The average molecular weight is 734 g/mol. The molecule has 11 rings (SSSR count). The van der Waals surface area contributed by atoms with Gasteiger partial charge in [0.2, 0.25) is 0 Å². The minimum absolute atomic E-state index is 0.562. The molecule has 0 unspecified atom stereocenters. The number of furan rings is 1. The molecule has 0 atom stereocenters. The highest BCUT2D eigenvalue weighted by Crippen LogP contribution is 2.46. The van der Waals surface area contributed by atoms with Gasteiger partial charge in [0.1, 0.15) is 11.2 Å². The molecule has 0 amide bonds. The van der Waals surface area contributed by atoms with E-state index in [1.54, 1.807) is 0 Å². The van der Waals surface area contributed by atoms with Crippen LogP contribution in [0.2, 0.25) is 0 Å². The molecule has 56 heavy (non-hydrogen) atoms. The van der Waals surface area contributed by atoms with Gasteiger partial charge < -0.3 is 4.42 Å². The summed E-state index contributed by atoms with van der Waals surface area (Å²) in [7, 11) is 0. The van der Waals surface area contributed by atoms with Crippen LogP contribution in [0.25, 0.3) is 110 Å². The number of thiophene rings is 1. The minimum atomic E-state index is 0.562. The highest BCUT2D eigenvalue weighted by atomic mass is 32.1. The molecule has 0 N–H and O–H groups in total. The van der Waals surface area contributed by atoms with Crippen LogP contribution in [-0.4, -0.2) is 15.0 Å². The Morgan fingerprint density at radius 2 is 0.929 bits per heavy atom. The van der Waals surface area contributed by atoms with Crippen molar-refractivity contribution in [2.75, 3.05) is 0 Å². The Kier molecular flexibility index (Phi) is 7.64. The zero-order valence-electron chi connectivity index (χ0n) is 30.1. The van der Waals surface area contributed by atoms with Crippen molar-refractivity contribution in [2.45, 2.75) is 0 Å². The summed E-state index contributed by atoms with van der Waals surface area (Å²) < 4.78 is 9.30. The van der Waals surface area contributed by atoms with Gasteiger partial charge in [-0.1, -0.05) is 158 Å². The lowest BCUT2D eigenvalue weighted by Gasteiger charge is -2.13. The number of rotatable bonds is 6. The molecule has 0 fully saturated rings. The lowest BCUT2D eigenvalue weighted by Crippen LogP contribution is -2.00. The van der Waals surface area contributed by atoms with Gasteiger partial charge in [0.05, 0.1) is 5.56 Å². The average Bonchev–Trinajstić information content (AvgIpc) is 3.85. The quantitative estimate of drug-likeness (QED) is 0.171. The summed E-state index contributed by atoms with van der Waals surface area (Å²) in [4.78, 5) is 15.2. The largest absolute Gasteiger partial charge is 0.455 e. The van der Waals surface area contributed by atoms with Crippen LogP contribution in [0, 0.1) is 0 Å². The molecule has 0 saturated heterocycles. The van der Waals surface area contributed by atoms with E-state index >= 15 is 0 Å². The zero-order valence-corrected chi connectivity index (χ0v) is 30.9. The van der Waals surface area contributed by atoms with E-state index in [0.717, 1.165) is 55.3 Å². The van der Waals surface area contributed by atoms with Crippen molar-refractivity contribution in [3.8, 4) is 67.5 Å². The third kappa shape index (κ3) is 5.48. The third-order valence-electron chi connectivity index (χ3n) is 10.6. The van der Waals surface area contributed by atoms with Crippen LogP contribution < -0.4 is 0 Å². The van der Waals surface area contributed by atoms with Gasteiger partial charge in [0, 0.05) is 42.1 Å². The highest BCUT2D eigenvalue weighted by molar-refractivity contribution is 7.26. The van der Waals surface area contributed by atoms with E-state index in [1.807, 2.05) is 53.8 Å². The van der Waals surface area contributed by atoms with Crippen molar-refractivity contribution < 1.29 is 4.42 Å². The molecule has 0 bridgehead atoms. The van der Waals surface area contributed by atoms with Gasteiger partial charge in [-0.25, -0.2) is 15.0 Å². The number of aromatic nitrogens is 3. The summed E-state index contributed by atoms with van der Waals surface area (Å²) >= 11 is 1.84. The Morgan fingerprint density at radius 3 is 1.68 bits per heavy atom. The van der Waals surface area contributed by atoms with Gasteiger partial charge in [0.15, 0.2) is 17.5 Å². The van der Waals surface area contributed by atoms with Crippen molar-refractivity contribution in [1.82, 2.24) is 15.0 Å². The lowest BCUT2D eigenvalue weighted by molar-refractivity contribution is 0.669. The second-order valence-corrected chi connectivity index (χ2v) is 15.0. The Bertz CT molecular complexity index is 3230. The van der Waals surface area contributed by atoms with Gasteiger partial charge in [-0.2, -0.15) is 0 Å². The first-order chi connectivity index (χ1) is 27.7. The van der Waals surface area contributed by atoms with Gasteiger partial charge in [-0.05, 0) is 63.7 Å². The maximum atomic E-state index is 6.74. The molecular weight excluding hydrogens is 703 g/mol. The van der Waals surface area contributed by atoms with Crippen molar-refractivity contribution in [1.29, 1.82) is 0 Å². The summed E-state index contributed by atoms with van der Waals surface area (Å²) in [5, 5.41) is 4.61. The van der Waals surface area contributed by atoms with Crippen LogP contribution >= 0.6 is 11.3 Å². The molecule has 0 aliphatic rings. The Hall–Kier alpha value is -7.21. The fourth-order valence-electron chi connectivity index (χ4n) is 7.89. The fourth-order valence-corrected chi connectivity index (χ4v) is 9.00. The summed E-state index contributed by atoms with van der Waals surface area (Å²) in [6, 6.07) is 65.7. The predicted molar refractivity (Wildman–Crippen MR) is 233 cm³/mol. The van der Waals surface area contributed by atoms with Crippen LogP contribution in [0.4, 0.5) is 0 Å². The van der Waals surface area contributed by atoms with Crippen LogP contribution in [-0.2, 0) is 0 Å². The molecule has 0 saturated carbocycles. The molecule has 0 aliphatic heterocycles. The van der Waals surface area contributed by atoms with Crippen LogP contribution in [0.15, 0.2) is 192 Å². The molecule has 4 nitrogen and oxygen atoms in total. The monoisotopic (exact) mass is 733 g/mol. The maximum Gasteiger partial charge on any atom is 0.167 e. The molecular formula is C51H31N3OS. The molecule has 3 aromatic heterocycles. The first kappa shape index (κ1) is 32.2. The minimum Gasteiger partial charge on any atom is -0.455 e. The van der Waals surface area contributed by atoms with Gasteiger partial charge >= 0.3 is 0 Å². The van der Waals surface area contributed by atoms with E-state index < -0.39 is 0 Å². The molecule has 0 spiro atoms. The molecule has 5 heteroatoms. The standard InChI is InChI=1S/C51H31N3OS/c1-4-13-32(14-5-1)33-23-25-36(26-24-33)50-52-49(35-17-8-3-9-18-35)53-51(54-50)41-21-12-20-39-42-31-37(27-29-43(42)55-48(39)41)46-38(34-15-6-2-7-16-34)28-30-45-47(46)40-19-10-11-22-44(40)56-45/h1-31H. The zero-order chi connectivity index (χ0) is 37.0. The Balaban J connectivity index is 1.09. The number of fused-ring (bicyclic) bond motifs is 6. The number of hydrogen-bond acceptors (Lipinski definition) is 5. The molecule has 3 heterocycles. The molecule has 11 aromatic rings. The van der Waals surface area contributed by atoms with Crippen molar-refractivity contribution in [3.05, 3.63) is 188 Å². The lowest BCUT2D eigenvalue weighted by atomic mass is 9.90. The second-order valence-electron chi connectivity index (χ2n) is 13.9. The highest BCUT2D eigenvalue weighted by Gasteiger charge is 2.21. The number of hydrogen-bond donors (Lipinski definition) is 0. The van der Waals surface area contributed by atoms with E-state index in [1.165, 1.54) is 36.9 Å². The van der Waals surface area contributed by atoms with E-state index in [4.69, 9.17) is 19.4 Å². The summed E-state index contributed by atoms with van der Waals surface area (Å²) in [5.41, 5.74) is 11.3.